The smallest absolute Gasteiger partial charge is 0.221 e. The van der Waals surface area contributed by atoms with E-state index in [0.717, 1.165) is 58.4 Å². The lowest BCUT2D eigenvalue weighted by atomic mass is 9.57. The molecule has 1 saturated carbocycles. The Morgan fingerprint density at radius 1 is 1.02 bits per heavy atom. The topological polar surface area (TPSA) is 55.8 Å². The Balaban J connectivity index is 1.17. The number of benzene rings is 3. The van der Waals surface area contributed by atoms with Crippen LogP contribution in [0, 0.1) is 12.8 Å². The molecule has 6 rings (SSSR count). The fourth-order valence-corrected chi connectivity index (χ4v) is 7.74. The summed E-state index contributed by atoms with van der Waals surface area (Å²) < 4.78 is 0. The van der Waals surface area contributed by atoms with Crippen LogP contribution < -0.4 is 5.32 Å². The highest BCUT2D eigenvalue weighted by molar-refractivity contribution is 5.76. The number of carbonyl (C=O) groups is 1. The maximum absolute atomic E-state index is 13.3. The van der Waals surface area contributed by atoms with Crippen LogP contribution in [0.5, 0.6) is 5.75 Å². The van der Waals surface area contributed by atoms with Crippen molar-refractivity contribution in [2.24, 2.45) is 5.92 Å². The highest BCUT2D eigenvalue weighted by atomic mass is 16.3. The molecule has 2 N–H and O–H groups in total. The van der Waals surface area contributed by atoms with Gasteiger partial charge in [-0.3, -0.25) is 14.6 Å². The van der Waals surface area contributed by atoms with Crippen molar-refractivity contribution in [2.75, 3.05) is 19.6 Å². The van der Waals surface area contributed by atoms with Gasteiger partial charge in [-0.05, 0) is 78.5 Å². The Morgan fingerprint density at radius 2 is 1.82 bits per heavy atom. The van der Waals surface area contributed by atoms with E-state index in [9.17, 15) is 9.90 Å². The normalized spacial score (nSPS) is 26.7. The monoisotopic (exact) mass is 537 g/mol. The maximum Gasteiger partial charge on any atom is 0.221 e. The molecule has 2 bridgehead atoms. The second-order valence-corrected chi connectivity index (χ2v) is 12.6. The van der Waals surface area contributed by atoms with Crippen molar-refractivity contribution >= 4 is 5.91 Å². The zero-order chi connectivity index (χ0) is 27.7. The lowest BCUT2D eigenvalue weighted by Crippen LogP contribution is -2.61. The van der Waals surface area contributed by atoms with Gasteiger partial charge in [-0.2, -0.15) is 0 Å². The minimum Gasteiger partial charge on any atom is -0.508 e. The number of nitrogens with one attached hydrogen (secondary N) is 1. The Kier molecular flexibility index (Phi) is 7.69. The SMILES string of the molecule is Cc1ccccc1CN1CC(C)C2(c3cccc(O)c3)CC1C[C@H](NC(=O)CCN1CCc3ccccc3C1)C2. The molecular weight excluding hydrogens is 494 g/mol. The Bertz CT molecular complexity index is 1360. The lowest BCUT2D eigenvalue weighted by molar-refractivity contribution is -0.123. The zero-order valence-corrected chi connectivity index (χ0v) is 24.0. The number of amides is 1. The first-order valence-corrected chi connectivity index (χ1v) is 15.1. The van der Waals surface area contributed by atoms with E-state index in [0.29, 0.717) is 24.1 Å². The number of aryl methyl sites for hydroxylation is 1. The number of phenolic OH excluding ortho intramolecular Hbond substituents is 1. The third kappa shape index (κ3) is 5.55. The van der Waals surface area contributed by atoms with Crippen LogP contribution in [-0.2, 0) is 29.7 Å². The number of likely N-dealkylation sites (tertiary alicyclic amines) is 1. The Morgan fingerprint density at radius 3 is 2.65 bits per heavy atom. The Labute approximate surface area is 239 Å². The van der Waals surface area contributed by atoms with Crippen LogP contribution in [0.4, 0.5) is 0 Å². The number of phenols is 1. The Hall–Kier alpha value is -3.15. The quantitative estimate of drug-likeness (QED) is 0.413. The molecule has 1 aliphatic carbocycles. The number of aromatic hydroxyl groups is 1. The molecule has 1 saturated heterocycles. The summed E-state index contributed by atoms with van der Waals surface area (Å²) in [6.07, 6.45) is 4.55. The van der Waals surface area contributed by atoms with Crippen LogP contribution in [0.15, 0.2) is 72.8 Å². The summed E-state index contributed by atoms with van der Waals surface area (Å²) in [7, 11) is 0. The number of piperidine rings is 1. The van der Waals surface area contributed by atoms with Crippen molar-refractivity contribution in [3.8, 4) is 5.75 Å². The first kappa shape index (κ1) is 27.0. The molecule has 3 aliphatic rings. The largest absolute Gasteiger partial charge is 0.508 e. The van der Waals surface area contributed by atoms with E-state index in [4.69, 9.17) is 0 Å². The zero-order valence-electron chi connectivity index (χ0n) is 24.0. The van der Waals surface area contributed by atoms with E-state index in [1.54, 1.807) is 6.07 Å². The molecule has 5 heteroatoms. The van der Waals surface area contributed by atoms with Gasteiger partial charge in [-0.25, -0.2) is 0 Å². The highest BCUT2D eigenvalue weighted by Gasteiger charge is 2.51. The van der Waals surface area contributed by atoms with Gasteiger partial charge in [0.15, 0.2) is 0 Å². The van der Waals surface area contributed by atoms with E-state index in [1.807, 2.05) is 12.1 Å². The van der Waals surface area contributed by atoms with Gasteiger partial charge in [0.1, 0.15) is 5.75 Å². The summed E-state index contributed by atoms with van der Waals surface area (Å²) in [6.45, 7) is 9.27. The van der Waals surface area contributed by atoms with E-state index >= 15 is 0 Å². The molecule has 2 aliphatic heterocycles. The van der Waals surface area contributed by atoms with Crippen molar-refractivity contribution in [3.63, 3.8) is 0 Å². The third-order valence-corrected chi connectivity index (χ3v) is 10.0. The molecule has 2 heterocycles. The molecule has 5 nitrogen and oxygen atoms in total. The van der Waals surface area contributed by atoms with E-state index in [2.05, 4.69) is 83.6 Å². The number of carbonyl (C=O) groups excluding carboxylic acids is 1. The maximum atomic E-state index is 13.3. The van der Waals surface area contributed by atoms with Crippen molar-refractivity contribution in [1.29, 1.82) is 0 Å². The molecule has 3 aromatic rings. The standard InChI is InChI=1S/C35H43N3O2/c1-25-8-3-4-10-28(25)24-38-22-26(2)35(30-12-7-13-33(39)18-30)20-31(19-32(38)21-35)36-34(40)15-17-37-16-14-27-9-5-6-11-29(27)23-37/h3-13,18,26,31-32,39H,14-17,19-24H2,1-2H3,(H,36,40)/t26?,31-,32?,35?/m0/s1. The van der Waals surface area contributed by atoms with E-state index < -0.39 is 0 Å². The van der Waals surface area contributed by atoms with Crippen LogP contribution >= 0.6 is 0 Å². The fraction of sp³-hybridized carbons (Fsp3) is 0.457. The predicted octanol–water partition coefficient (Wildman–Crippen LogP) is 5.58. The van der Waals surface area contributed by atoms with Gasteiger partial charge in [0, 0.05) is 56.6 Å². The highest BCUT2D eigenvalue weighted by Crippen LogP contribution is 2.50. The molecule has 0 radical (unpaired) electrons. The van der Waals surface area contributed by atoms with Crippen LogP contribution in [0.3, 0.4) is 0 Å². The van der Waals surface area contributed by atoms with Crippen LogP contribution in [0.1, 0.15) is 60.4 Å². The third-order valence-electron chi connectivity index (χ3n) is 10.0. The molecule has 40 heavy (non-hydrogen) atoms. The van der Waals surface area contributed by atoms with Gasteiger partial charge < -0.3 is 10.4 Å². The molecule has 4 atom stereocenters. The van der Waals surface area contributed by atoms with Crippen molar-refractivity contribution in [1.82, 2.24) is 15.1 Å². The summed E-state index contributed by atoms with van der Waals surface area (Å²) in [5, 5.41) is 13.9. The number of hydrogen-bond acceptors (Lipinski definition) is 4. The van der Waals surface area contributed by atoms with Gasteiger partial charge in [0.25, 0.3) is 0 Å². The second kappa shape index (κ2) is 11.4. The van der Waals surface area contributed by atoms with Crippen LogP contribution in [0.2, 0.25) is 0 Å². The minimum absolute atomic E-state index is 0.0571. The number of nitrogens with zero attached hydrogens (tertiary/aromatic N) is 2. The van der Waals surface area contributed by atoms with Gasteiger partial charge >= 0.3 is 0 Å². The summed E-state index contributed by atoms with van der Waals surface area (Å²) in [6, 6.07) is 25.8. The van der Waals surface area contributed by atoms with Crippen LogP contribution in [0.25, 0.3) is 0 Å². The molecule has 210 valence electrons. The van der Waals surface area contributed by atoms with Crippen LogP contribution in [-0.4, -0.2) is 52.5 Å². The number of rotatable bonds is 7. The summed E-state index contributed by atoms with van der Waals surface area (Å²) in [4.78, 5) is 18.4. The summed E-state index contributed by atoms with van der Waals surface area (Å²) >= 11 is 0. The van der Waals surface area contributed by atoms with Crippen molar-refractivity contribution < 1.29 is 9.90 Å². The molecule has 0 spiro atoms. The second-order valence-electron chi connectivity index (χ2n) is 12.6. The van der Waals surface area contributed by atoms with Gasteiger partial charge in [-0.1, -0.05) is 67.6 Å². The lowest BCUT2D eigenvalue weighted by Gasteiger charge is -2.56. The van der Waals surface area contributed by atoms with Crippen molar-refractivity contribution in [2.45, 2.75) is 76.5 Å². The molecular formula is C35H43N3O2. The fourth-order valence-electron chi connectivity index (χ4n) is 7.74. The summed E-state index contributed by atoms with van der Waals surface area (Å²) in [5.41, 5.74) is 6.71. The first-order chi connectivity index (χ1) is 19.4. The minimum atomic E-state index is -0.0571. The molecule has 1 amide bonds. The van der Waals surface area contributed by atoms with E-state index in [1.165, 1.54) is 27.8 Å². The predicted molar refractivity (Wildman–Crippen MR) is 160 cm³/mol. The molecule has 3 aromatic carbocycles. The summed E-state index contributed by atoms with van der Waals surface area (Å²) in [5.74, 6) is 0.892. The average Bonchev–Trinajstić information content (AvgIpc) is 2.96. The van der Waals surface area contributed by atoms with Gasteiger partial charge in [-0.15, -0.1) is 0 Å². The van der Waals surface area contributed by atoms with Gasteiger partial charge in [0.2, 0.25) is 5.91 Å². The number of hydrogen-bond donors (Lipinski definition) is 2. The molecule has 3 unspecified atom stereocenters. The molecule has 2 fully saturated rings. The van der Waals surface area contributed by atoms with Gasteiger partial charge in [0.05, 0.1) is 0 Å². The van der Waals surface area contributed by atoms with E-state index in [-0.39, 0.29) is 17.4 Å². The van der Waals surface area contributed by atoms with Crippen molar-refractivity contribution in [3.05, 3.63) is 101 Å². The molecule has 0 aromatic heterocycles. The first-order valence-electron chi connectivity index (χ1n) is 15.1. The average molecular weight is 538 g/mol. The number of fused-ring (bicyclic) bond motifs is 3.